The normalized spacial score (nSPS) is 10.3. The van der Waals surface area contributed by atoms with Gasteiger partial charge in [0.05, 0.1) is 12.0 Å². The largest absolute Gasteiger partial charge is 0.352 e. The van der Waals surface area contributed by atoms with E-state index in [0.717, 1.165) is 24.2 Å². The number of nitrogen functional groups attached to an aromatic ring is 1. The van der Waals surface area contributed by atoms with E-state index in [1.807, 2.05) is 23.8 Å². The number of benzene rings is 1. The highest BCUT2D eigenvalue weighted by atomic mass is 16.1. The van der Waals surface area contributed by atoms with Crippen molar-refractivity contribution in [3.05, 3.63) is 48.0 Å². The first-order chi connectivity index (χ1) is 9.70. The van der Waals surface area contributed by atoms with Gasteiger partial charge in [0.25, 0.3) is 5.91 Å². The van der Waals surface area contributed by atoms with Crippen molar-refractivity contribution in [1.82, 2.24) is 14.9 Å². The second kappa shape index (κ2) is 6.72. The van der Waals surface area contributed by atoms with Crippen molar-refractivity contribution in [2.24, 2.45) is 5.84 Å². The van der Waals surface area contributed by atoms with E-state index in [9.17, 15) is 4.79 Å². The van der Waals surface area contributed by atoms with Crippen LogP contribution < -0.4 is 16.6 Å². The Bertz CT molecular complexity index is 565. The predicted octanol–water partition coefficient (Wildman–Crippen LogP) is 1.30. The van der Waals surface area contributed by atoms with E-state index in [4.69, 9.17) is 5.84 Å². The number of amides is 1. The summed E-state index contributed by atoms with van der Waals surface area (Å²) in [4.78, 5) is 15.9. The molecule has 2 aromatic rings. The summed E-state index contributed by atoms with van der Waals surface area (Å²) in [5.74, 6) is 5.30. The quantitative estimate of drug-likeness (QED) is 0.421. The summed E-state index contributed by atoms with van der Waals surface area (Å²) < 4.78 is 1.98. The first kappa shape index (κ1) is 14.1. The van der Waals surface area contributed by atoms with Crippen LogP contribution in [0.1, 0.15) is 22.3 Å². The van der Waals surface area contributed by atoms with E-state index in [1.54, 1.807) is 24.7 Å². The van der Waals surface area contributed by atoms with Gasteiger partial charge in [0, 0.05) is 31.0 Å². The molecule has 6 nitrogen and oxygen atoms in total. The summed E-state index contributed by atoms with van der Waals surface area (Å²) in [7, 11) is 0. The van der Waals surface area contributed by atoms with Crippen LogP contribution >= 0.6 is 0 Å². The second-order valence-corrected chi connectivity index (χ2v) is 4.58. The fraction of sp³-hybridized carbons (Fsp3) is 0.286. The molecule has 0 saturated carbocycles. The molecule has 1 aromatic carbocycles. The lowest BCUT2D eigenvalue weighted by Crippen LogP contribution is -2.25. The van der Waals surface area contributed by atoms with Gasteiger partial charge >= 0.3 is 0 Å². The molecule has 0 saturated heterocycles. The van der Waals surface area contributed by atoms with Crippen LogP contribution in [0.2, 0.25) is 0 Å². The molecule has 1 amide bonds. The predicted molar refractivity (Wildman–Crippen MR) is 78.2 cm³/mol. The van der Waals surface area contributed by atoms with Crippen molar-refractivity contribution in [2.45, 2.75) is 19.9 Å². The fourth-order valence-electron chi connectivity index (χ4n) is 1.95. The van der Waals surface area contributed by atoms with Gasteiger partial charge in [-0.25, -0.2) is 4.98 Å². The summed E-state index contributed by atoms with van der Waals surface area (Å²) in [5.41, 5.74) is 5.00. The van der Waals surface area contributed by atoms with Crippen LogP contribution in [0.5, 0.6) is 0 Å². The molecule has 0 radical (unpaired) electrons. The topological polar surface area (TPSA) is 85.0 Å². The Kier molecular flexibility index (Phi) is 4.73. The maximum absolute atomic E-state index is 12.0. The summed E-state index contributed by atoms with van der Waals surface area (Å²) in [6, 6.07) is 5.38. The van der Waals surface area contributed by atoms with Gasteiger partial charge in [0.15, 0.2) is 0 Å². The monoisotopic (exact) mass is 273 g/mol. The molecular formula is C14H19N5O. The van der Waals surface area contributed by atoms with Crippen LogP contribution in [0.4, 0.5) is 5.69 Å². The number of imidazole rings is 1. The van der Waals surface area contributed by atoms with Gasteiger partial charge in [-0.2, -0.15) is 0 Å². The lowest BCUT2D eigenvalue weighted by atomic mass is 10.1. The average Bonchev–Trinajstić information content (AvgIpc) is 2.96. The van der Waals surface area contributed by atoms with Crippen molar-refractivity contribution in [3.8, 4) is 0 Å². The first-order valence-corrected chi connectivity index (χ1v) is 6.52. The van der Waals surface area contributed by atoms with Gasteiger partial charge in [-0.1, -0.05) is 0 Å². The van der Waals surface area contributed by atoms with E-state index in [2.05, 4.69) is 15.7 Å². The minimum absolute atomic E-state index is 0.0673. The third kappa shape index (κ3) is 3.58. The number of aryl methyl sites for hydroxylation is 2. The van der Waals surface area contributed by atoms with Crippen LogP contribution in [-0.2, 0) is 6.54 Å². The molecule has 0 aliphatic heterocycles. The van der Waals surface area contributed by atoms with Gasteiger partial charge in [0.1, 0.15) is 0 Å². The SMILES string of the molecule is Cc1cc(C(=O)NCCCn2ccnc2)ccc1NN. The Morgan fingerprint density at radius 3 is 2.95 bits per heavy atom. The highest BCUT2D eigenvalue weighted by Gasteiger charge is 2.06. The summed E-state index contributed by atoms with van der Waals surface area (Å²) in [6.45, 7) is 3.38. The van der Waals surface area contributed by atoms with Crippen molar-refractivity contribution in [1.29, 1.82) is 0 Å². The number of carbonyl (C=O) groups excluding carboxylic acids is 1. The van der Waals surface area contributed by atoms with Crippen LogP contribution in [0.3, 0.4) is 0 Å². The number of nitrogens with two attached hydrogens (primary N) is 1. The van der Waals surface area contributed by atoms with Gasteiger partial charge in [0.2, 0.25) is 0 Å². The molecule has 0 spiro atoms. The van der Waals surface area contributed by atoms with Gasteiger partial charge in [-0.05, 0) is 37.1 Å². The zero-order valence-electron chi connectivity index (χ0n) is 11.5. The molecule has 0 atom stereocenters. The van der Waals surface area contributed by atoms with Crippen molar-refractivity contribution < 1.29 is 4.79 Å². The molecule has 6 heteroatoms. The molecule has 106 valence electrons. The first-order valence-electron chi connectivity index (χ1n) is 6.52. The minimum atomic E-state index is -0.0673. The highest BCUT2D eigenvalue weighted by molar-refractivity contribution is 5.94. The number of hydrogen-bond donors (Lipinski definition) is 3. The number of aromatic nitrogens is 2. The van der Waals surface area contributed by atoms with E-state index in [-0.39, 0.29) is 5.91 Å². The molecule has 1 heterocycles. The highest BCUT2D eigenvalue weighted by Crippen LogP contribution is 2.15. The molecule has 0 aliphatic carbocycles. The Morgan fingerprint density at radius 1 is 1.45 bits per heavy atom. The number of nitrogens with one attached hydrogen (secondary N) is 2. The Morgan fingerprint density at radius 2 is 2.30 bits per heavy atom. The van der Waals surface area contributed by atoms with Crippen LogP contribution in [0.15, 0.2) is 36.9 Å². The third-order valence-corrected chi connectivity index (χ3v) is 3.08. The Hall–Kier alpha value is -2.34. The molecule has 0 fully saturated rings. The van der Waals surface area contributed by atoms with Crippen LogP contribution in [0, 0.1) is 6.92 Å². The molecule has 1 aromatic heterocycles. The van der Waals surface area contributed by atoms with Crippen LogP contribution in [-0.4, -0.2) is 22.0 Å². The average molecular weight is 273 g/mol. The van der Waals surface area contributed by atoms with Crippen molar-refractivity contribution in [2.75, 3.05) is 12.0 Å². The summed E-state index contributed by atoms with van der Waals surface area (Å²) in [5, 5.41) is 2.90. The van der Waals surface area contributed by atoms with E-state index in [0.29, 0.717) is 12.1 Å². The van der Waals surface area contributed by atoms with Crippen LogP contribution in [0.25, 0.3) is 0 Å². The van der Waals surface area contributed by atoms with Gasteiger partial charge in [-0.15, -0.1) is 0 Å². The van der Waals surface area contributed by atoms with Crippen molar-refractivity contribution >= 4 is 11.6 Å². The number of anilines is 1. The maximum Gasteiger partial charge on any atom is 0.251 e. The zero-order valence-corrected chi connectivity index (χ0v) is 11.5. The molecule has 0 bridgehead atoms. The van der Waals surface area contributed by atoms with Gasteiger partial charge in [-0.3, -0.25) is 10.6 Å². The number of carbonyl (C=O) groups is 1. The number of nitrogens with zero attached hydrogens (tertiary/aromatic N) is 2. The number of rotatable bonds is 6. The minimum Gasteiger partial charge on any atom is -0.352 e. The Balaban J connectivity index is 1.81. The van der Waals surface area contributed by atoms with E-state index >= 15 is 0 Å². The number of hydrazine groups is 1. The van der Waals surface area contributed by atoms with Crippen molar-refractivity contribution in [3.63, 3.8) is 0 Å². The smallest absolute Gasteiger partial charge is 0.251 e. The molecular weight excluding hydrogens is 254 g/mol. The number of hydrogen-bond acceptors (Lipinski definition) is 4. The van der Waals surface area contributed by atoms with E-state index in [1.165, 1.54) is 0 Å². The van der Waals surface area contributed by atoms with E-state index < -0.39 is 0 Å². The molecule has 20 heavy (non-hydrogen) atoms. The fourth-order valence-corrected chi connectivity index (χ4v) is 1.95. The molecule has 4 N–H and O–H groups in total. The zero-order chi connectivity index (χ0) is 14.4. The lowest BCUT2D eigenvalue weighted by molar-refractivity contribution is 0.0952. The Labute approximate surface area is 118 Å². The molecule has 0 unspecified atom stereocenters. The third-order valence-electron chi connectivity index (χ3n) is 3.08. The summed E-state index contributed by atoms with van der Waals surface area (Å²) in [6.07, 6.45) is 6.28. The second-order valence-electron chi connectivity index (χ2n) is 4.58. The van der Waals surface area contributed by atoms with Gasteiger partial charge < -0.3 is 15.3 Å². The summed E-state index contributed by atoms with van der Waals surface area (Å²) >= 11 is 0. The molecule has 2 rings (SSSR count). The standard InChI is InChI=1S/C14H19N5O/c1-11-9-12(3-4-13(11)18-15)14(20)17-5-2-7-19-8-6-16-10-19/h3-4,6,8-10,18H,2,5,7,15H2,1H3,(H,17,20). The maximum atomic E-state index is 12.0. The molecule has 0 aliphatic rings. The lowest BCUT2D eigenvalue weighted by Gasteiger charge is -2.09.